The monoisotopic (exact) mass is 454 g/mol. The van der Waals surface area contributed by atoms with Crippen molar-refractivity contribution in [3.63, 3.8) is 0 Å². The van der Waals surface area contributed by atoms with Gasteiger partial charge in [0.2, 0.25) is 9.70 Å². The number of rotatable bonds is 7. The van der Waals surface area contributed by atoms with Crippen molar-refractivity contribution < 1.29 is 14.7 Å². The number of carbonyl (C=O) groups excluding carboxylic acids is 2. The number of unbranched alkanes of at least 4 members (excludes halogenated alkanes) is 2. The number of benzene rings is 1. The molecule has 0 aromatic heterocycles. The lowest BCUT2D eigenvalue weighted by Gasteiger charge is -2.27. The van der Waals surface area contributed by atoms with Crippen molar-refractivity contribution in [3.05, 3.63) is 29.8 Å². The molecule has 11 heteroatoms. The number of nitrogens with one attached hydrogen (secondary N) is 4. The number of phenols is 1. The molecule has 7 nitrogen and oxygen atoms in total. The summed E-state index contributed by atoms with van der Waals surface area (Å²) < 4.78 is -1.88. The van der Waals surface area contributed by atoms with Gasteiger partial charge in [-0.05, 0) is 30.8 Å². The molecule has 1 atom stereocenters. The van der Waals surface area contributed by atoms with E-state index in [1.165, 1.54) is 12.1 Å². The summed E-state index contributed by atoms with van der Waals surface area (Å²) in [4.78, 5) is 24.0. The Morgan fingerprint density at radius 1 is 1.15 bits per heavy atom. The zero-order valence-electron chi connectivity index (χ0n) is 14.5. The first-order valence-corrected chi connectivity index (χ1v) is 9.70. The van der Waals surface area contributed by atoms with Crippen LogP contribution in [0.1, 0.15) is 43.0 Å². The van der Waals surface area contributed by atoms with E-state index in [4.69, 9.17) is 47.0 Å². The second-order valence-electron chi connectivity index (χ2n) is 5.57. The summed E-state index contributed by atoms with van der Waals surface area (Å²) in [6, 6.07) is 5.99. The van der Waals surface area contributed by atoms with Crippen LogP contribution in [0.2, 0.25) is 0 Å². The first-order valence-electron chi connectivity index (χ1n) is 8.16. The third-order valence-corrected chi connectivity index (χ3v) is 4.23. The summed E-state index contributed by atoms with van der Waals surface area (Å²) >= 11 is 22.7. The summed E-state index contributed by atoms with van der Waals surface area (Å²) in [5, 5.41) is 14.7. The van der Waals surface area contributed by atoms with E-state index < -0.39 is 15.9 Å². The van der Waals surface area contributed by atoms with Crippen LogP contribution in [0.5, 0.6) is 5.75 Å². The Bertz CT molecular complexity index is 671. The molecular formula is C16H21Cl3N4O3S. The molecule has 1 rings (SSSR count). The molecule has 0 bridgehead atoms. The van der Waals surface area contributed by atoms with E-state index in [0.717, 1.165) is 12.8 Å². The van der Waals surface area contributed by atoms with E-state index in [0.29, 0.717) is 6.42 Å². The van der Waals surface area contributed by atoms with Crippen molar-refractivity contribution >= 4 is 63.9 Å². The predicted octanol–water partition coefficient (Wildman–Crippen LogP) is 2.89. The zero-order valence-corrected chi connectivity index (χ0v) is 17.6. The lowest BCUT2D eigenvalue weighted by Crippen LogP contribution is -2.59. The first kappa shape index (κ1) is 23.6. The number of amides is 2. The molecule has 0 heterocycles. The van der Waals surface area contributed by atoms with Crippen molar-refractivity contribution in [3.8, 4) is 5.75 Å². The van der Waals surface area contributed by atoms with E-state index >= 15 is 0 Å². The number of alkyl halides is 3. The first-order chi connectivity index (χ1) is 12.6. The molecule has 2 amide bonds. The second kappa shape index (κ2) is 11.4. The third-order valence-electron chi connectivity index (χ3n) is 3.35. The molecule has 5 N–H and O–H groups in total. The Morgan fingerprint density at radius 3 is 2.41 bits per heavy atom. The SMILES string of the molecule is CCCCCC(=O)N[C@@H](NC(=S)NNC(=O)c1ccccc1O)C(Cl)(Cl)Cl. The normalized spacial score (nSPS) is 12.0. The van der Waals surface area contributed by atoms with Crippen molar-refractivity contribution in [1.82, 2.24) is 21.5 Å². The van der Waals surface area contributed by atoms with Crippen molar-refractivity contribution in [2.45, 2.75) is 42.6 Å². The fourth-order valence-electron chi connectivity index (χ4n) is 1.98. The van der Waals surface area contributed by atoms with Crippen LogP contribution in [0.4, 0.5) is 0 Å². The number of phenolic OH excluding ortho intramolecular Hbond substituents is 1. The maximum atomic E-state index is 12.0. The average Bonchev–Trinajstić information content (AvgIpc) is 2.59. The van der Waals surface area contributed by atoms with Crippen LogP contribution in [0.3, 0.4) is 0 Å². The van der Waals surface area contributed by atoms with Crippen molar-refractivity contribution in [2.24, 2.45) is 0 Å². The fraction of sp³-hybridized carbons (Fsp3) is 0.438. The standard InChI is InChI=1S/C16H21Cl3N4O3S/c1-2-3-4-9-12(25)20-14(16(17,18)19)21-15(27)23-22-13(26)10-7-5-6-8-11(10)24/h5-8,14,24H,2-4,9H2,1H3,(H,20,25)(H,22,26)(H2,21,23,27)/t14-/m0/s1. The van der Waals surface area contributed by atoms with Gasteiger partial charge in [0.05, 0.1) is 5.56 Å². The molecule has 0 unspecified atom stereocenters. The van der Waals surface area contributed by atoms with Crippen LogP contribution >= 0.6 is 47.0 Å². The fourth-order valence-corrected chi connectivity index (χ4v) is 2.48. The number of halogens is 3. The van der Waals surface area contributed by atoms with Gasteiger partial charge in [-0.15, -0.1) is 0 Å². The number of hydrogen-bond donors (Lipinski definition) is 5. The van der Waals surface area contributed by atoms with Gasteiger partial charge >= 0.3 is 0 Å². The van der Waals surface area contributed by atoms with Crippen molar-refractivity contribution in [1.29, 1.82) is 0 Å². The lowest BCUT2D eigenvalue weighted by molar-refractivity contribution is -0.122. The Morgan fingerprint density at radius 2 is 1.81 bits per heavy atom. The summed E-state index contributed by atoms with van der Waals surface area (Å²) in [5.74, 6) is -1.10. The maximum absolute atomic E-state index is 12.0. The molecule has 0 saturated heterocycles. The summed E-state index contributed by atoms with van der Waals surface area (Å²) in [6.07, 6.45) is 1.78. The van der Waals surface area contributed by atoms with E-state index in [-0.39, 0.29) is 28.8 Å². The van der Waals surface area contributed by atoms with Gasteiger partial charge in [0.25, 0.3) is 5.91 Å². The number of thiocarbonyl (C=S) groups is 1. The minimum atomic E-state index is -1.88. The summed E-state index contributed by atoms with van der Waals surface area (Å²) in [5.41, 5.74) is 4.77. The quantitative estimate of drug-likeness (QED) is 0.142. The van der Waals surface area contributed by atoms with Gasteiger partial charge in [0.15, 0.2) is 5.11 Å². The molecule has 1 aromatic rings. The molecule has 27 heavy (non-hydrogen) atoms. The molecule has 0 aliphatic heterocycles. The highest BCUT2D eigenvalue weighted by atomic mass is 35.6. The minimum absolute atomic E-state index is 0.0509. The van der Waals surface area contributed by atoms with E-state index in [2.05, 4.69) is 21.5 Å². The van der Waals surface area contributed by atoms with Crippen LogP contribution in [0.25, 0.3) is 0 Å². The van der Waals surface area contributed by atoms with Gasteiger partial charge in [-0.1, -0.05) is 66.7 Å². The predicted molar refractivity (Wildman–Crippen MR) is 111 cm³/mol. The third kappa shape index (κ3) is 8.83. The van der Waals surface area contributed by atoms with E-state index in [1.807, 2.05) is 6.92 Å². The number of hydrogen-bond acceptors (Lipinski definition) is 4. The largest absolute Gasteiger partial charge is 0.507 e. The molecule has 150 valence electrons. The molecule has 0 aliphatic rings. The topological polar surface area (TPSA) is 102 Å². The molecular weight excluding hydrogens is 435 g/mol. The molecule has 0 aliphatic carbocycles. The number of aromatic hydroxyl groups is 1. The number of hydrazine groups is 1. The number of carbonyl (C=O) groups is 2. The van der Waals surface area contributed by atoms with Crippen LogP contribution in [0, 0.1) is 0 Å². The minimum Gasteiger partial charge on any atom is -0.507 e. The Balaban J connectivity index is 2.57. The molecule has 1 aromatic carbocycles. The molecule has 0 saturated carbocycles. The van der Waals surface area contributed by atoms with Gasteiger partial charge in [-0.25, -0.2) is 0 Å². The Kier molecular flexibility index (Phi) is 9.93. The Hall–Kier alpha value is -1.48. The summed E-state index contributed by atoms with van der Waals surface area (Å²) in [7, 11) is 0. The smallest absolute Gasteiger partial charge is 0.273 e. The summed E-state index contributed by atoms with van der Waals surface area (Å²) in [6.45, 7) is 2.02. The van der Waals surface area contributed by atoms with Crippen LogP contribution in [-0.4, -0.2) is 32.0 Å². The van der Waals surface area contributed by atoms with Gasteiger partial charge in [-0.2, -0.15) is 0 Å². The van der Waals surface area contributed by atoms with Gasteiger partial charge in [0.1, 0.15) is 11.9 Å². The molecule has 0 radical (unpaired) electrons. The Labute approximate surface area is 178 Å². The molecule has 0 spiro atoms. The van der Waals surface area contributed by atoms with Crippen LogP contribution < -0.4 is 21.5 Å². The number of para-hydroxylation sites is 1. The van der Waals surface area contributed by atoms with Gasteiger partial charge < -0.3 is 15.7 Å². The maximum Gasteiger partial charge on any atom is 0.273 e. The van der Waals surface area contributed by atoms with Crippen LogP contribution in [0.15, 0.2) is 24.3 Å². The average molecular weight is 456 g/mol. The lowest BCUT2D eigenvalue weighted by atomic mass is 10.2. The van der Waals surface area contributed by atoms with Crippen molar-refractivity contribution in [2.75, 3.05) is 0 Å². The van der Waals surface area contributed by atoms with E-state index in [1.54, 1.807) is 12.1 Å². The zero-order chi connectivity index (χ0) is 20.4. The second-order valence-corrected chi connectivity index (χ2v) is 8.35. The van der Waals surface area contributed by atoms with Gasteiger partial charge in [-0.3, -0.25) is 20.4 Å². The highest BCUT2D eigenvalue weighted by Crippen LogP contribution is 2.29. The highest BCUT2D eigenvalue weighted by Gasteiger charge is 2.34. The highest BCUT2D eigenvalue weighted by molar-refractivity contribution is 7.80. The molecule has 0 fully saturated rings. The van der Waals surface area contributed by atoms with Gasteiger partial charge in [0, 0.05) is 6.42 Å². The van der Waals surface area contributed by atoms with Crippen LogP contribution in [-0.2, 0) is 4.79 Å². The van der Waals surface area contributed by atoms with E-state index in [9.17, 15) is 14.7 Å².